The molecule has 1 aliphatic carbocycles. The number of nitrogens with one attached hydrogen (secondary N) is 1. The third-order valence-corrected chi connectivity index (χ3v) is 8.23. The summed E-state index contributed by atoms with van der Waals surface area (Å²) in [5, 5.41) is 18.2. The number of phenolic OH excluding ortho intramolecular Hbond substituents is 1. The molecular formula is C29H32N4O3. The van der Waals surface area contributed by atoms with Gasteiger partial charge in [-0.2, -0.15) is 5.10 Å². The number of carbonyl (C=O) groups is 1. The van der Waals surface area contributed by atoms with E-state index in [1.807, 2.05) is 37.7 Å². The van der Waals surface area contributed by atoms with Crippen LogP contribution >= 0.6 is 0 Å². The van der Waals surface area contributed by atoms with Crippen LogP contribution < -0.4 is 10.6 Å². The van der Waals surface area contributed by atoms with Crippen LogP contribution in [0.25, 0.3) is 23.4 Å². The maximum atomic E-state index is 13.2. The van der Waals surface area contributed by atoms with Gasteiger partial charge in [0.05, 0.1) is 17.9 Å². The summed E-state index contributed by atoms with van der Waals surface area (Å²) in [5.41, 5.74) is 4.63. The summed E-state index contributed by atoms with van der Waals surface area (Å²) in [6.45, 7) is 9.21. The van der Waals surface area contributed by atoms with Crippen LogP contribution in [0.4, 0.5) is 4.79 Å². The lowest BCUT2D eigenvalue weighted by atomic mass is 9.80. The number of fused-ring (bicyclic) bond motifs is 9. The molecule has 0 spiro atoms. The van der Waals surface area contributed by atoms with Gasteiger partial charge in [-0.15, -0.1) is 0 Å². The second-order valence-electron chi connectivity index (χ2n) is 10.6. The molecule has 3 aliphatic rings. The molecule has 0 fully saturated rings. The number of carbonyl (C=O) groups excluding carboxylic acids is 1. The summed E-state index contributed by atoms with van der Waals surface area (Å²) < 4.78 is 7.85. The topological polar surface area (TPSA) is 83.4 Å². The zero-order valence-electron chi connectivity index (χ0n) is 21.3. The Labute approximate surface area is 210 Å². The zero-order chi connectivity index (χ0) is 25.2. The van der Waals surface area contributed by atoms with Gasteiger partial charge in [0, 0.05) is 35.5 Å². The molecular weight excluding hydrogens is 452 g/mol. The summed E-state index contributed by atoms with van der Waals surface area (Å²) >= 11 is 0. The van der Waals surface area contributed by atoms with E-state index >= 15 is 0 Å². The summed E-state index contributed by atoms with van der Waals surface area (Å²) in [4.78, 5) is 18.4. The lowest BCUT2D eigenvalue weighted by Crippen LogP contribution is -2.41. The van der Waals surface area contributed by atoms with E-state index in [2.05, 4.69) is 42.3 Å². The minimum atomic E-state index is -0.474. The summed E-state index contributed by atoms with van der Waals surface area (Å²) in [5.74, 6) is 0.188. The van der Waals surface area contributed by atoms with Crippen LogP contribution in [0.2, 0.25) is 0 Å². The molecule has 7 nitrogen and oxygen atoms in total. The molecule has 2 aliphatic heterocycles. The van der Waals surface area contributed by atoms with Crippen LogP contribution in [0, 0.1) is 0 Å². The molecule has 4 heterocycles. The second-order valence-corrected chi connectivity index (χ2v) is 10.6. The van der Waals surface area contributed by atoms with Gasteiger partial charge < -0.3 is 19.7 Å². The first-order valence-corrected chi connectivity index (χ1v) is 12.8. The third-order valence-electron chi connectivity index (χ3n) is 8.23. The first kappa shape index (κ1) is 22.7. The highest BCUT2D eigenvalue weighted by molar-refractivity contribution is 5.93. The van der Waals surface area contributed by atoms with E-state index in [1.165, 1.54) is 0 Å². The average molecular weight is 485 g/mol. The number of aromatic nitrogens is 3. The van der Waals surface area contributed by atoms with Crippen molar-refractivity contribution >= 4 is 23.8 Å². The summed E-state index contributed by atoms with van der Waals surface area (Å²) in [6.07, 6.45) is 10.5. The maximum Gasteiger partial charge on any atom is 0.410 e. The summed E-state index contributed by atoms with van der Waals surface area (Å²) in [7, 11) is 0. The molecule has 2 aromatic heterocycles. The molecule has 1 unspecified atom stereocenters. The van der Waals surface area contributed by atoms with Gasteiger partial charge in [0.1, 0.15) is 17.0 Å². The average Bonchev–Trinajstić information content (AvgIpc) is 3.40. The number of amides is 1. The van der Waals surface area contributed by atoms with E-state index in [0.29, 0.717) is 25.2 Å². The van der Waals surface area contributed by atoms with Crippen molar-refractivity contribution in [3.63, 3.8) is 0 Å². The highest BCUT2D eigenvalue weighted by Gasteiger charge is 2.38. The molecule has 1 amide bonds. The van der Waals surface area contributed by atoms with Crippen LogP contribution in [-0.2, 0) is 23.1 Å². The molecule has 2 N–H and O–H groups in total. The first-order chi connectivity index (χ1) is 17.2. The number of rotatable bonds is 3. The Hall–Kier alpha value is -3.74. The standard InChI is InChI=1S/C29H32N4O3/c1-5-29(4,6-2)36-27(35)32-13-11-22-20(17-32)25-19-14-18-10-12-30-23(18)16-28(3,15-19)21-8-7-9-24(34)26(21)33(25)31-22/h7-10,12,14-16,30,34H,5-6,11,13,17H2,1-4H3. The van der Waals surface area contributed by atoms with E-state index in [4.69, 9.17) is 9.84 Å². The fourth-order valence-corrected chi connectivity index (χ4v) is 5.66. The molecule has 0 saturated carbocycles. The maximum absolute atomic E-state index is 13.2. The van der Waals surface area contributed by atoms with Gasteiger partial charge in [0.15, 0.2) is 0 Å². The Balaban J connectivity index is 1.53. The molecule has 7 heteroatoms. The Kier molecular flexibility index (Phi) is 4.97. The number of nitrogens with zero attached hydrogens (tertiary/aromatic N) is 3. The van der Waals surface area contributed by atoms with Gasteiger partial charge in [0.25, 0.3) is 0 Å². The molecule has 0 radical (unpaired) electrons. The molecule has 1 atom stereocenters. The smallest absolute Gasteiger partial charge is 0.410 e. The minimum Gasteiger partial charge on any atom is -0.506 e. The largest absolute Gasteiger partial charge is 0.506 e. The predicted octanol–water partition coefficient (Wildman–Crippen LogP) is 3.91. The number of hydrogen-bond donors (Lipinski definition) is 2. The van der Waals surface area contributed by atoms with E-state index < -0.39 is 11.0 Å². The van der Waals surface area contributed by atoms with Gasteiger partial charge in [-0.3, -0.25) is 0 Å². The normalized spacial score (nSPS) is 19.9. The molecule has 3 aromatic rings. The van der Waals surface area contributed by atoms with Gasteiger partial charge in [-0.05, 0) is 67.3 Å². The molecule has 36 heavy (non-hydrogen) atoms. The van der Waals surface area contributed by atoms with Crippen LogP contribution in [-0.4, -0.2) is 43.0 Å². The van der Waals surface area contributed by atoms with Crippen LogP contribution in [0.15, 0.2) is 36.5 Å². The number of hydrogen-bond acceptors (Lipinski definition) is 4. The molecule has 186 valence electrons. The summed E-state index contributed by atoms with van der Waals surface area (Å²) in [6, 6.07) is 7.73. The number of H-pyrrole nitrogens is 1. The minimum absolute atomic E-state index is 0.188. The Bertz CT molecular complexity index is 1540. The van der Waals surface area contributed by atoms with Crippen molar-refractivity contribution in [3.8, 4) is 11.4 Å². The number of para-hydroxylation sites is 1. The third kappa shape index (κ3) is 3.33. The molecule has 2 bridgehead atoms. The number of benzene rings is 1. The number of aromatic amines is 1. The highest BCUT2D eigenvalue weighted by Crippen LogP contribution is 2.45. The monoisotopic (exact) mass is 484 g/mol. The van der Waals surface area contributed by atoms with Crippen molar-refractivity contribution in [3.05, 3.63) is 69.6 Å². The van der Waals surface area contributed by atoms with E-state index in [-0.39, 0.29) is 11.8 Å². The SMILES string of the molecule is CCC(C)(CC)OC(=O)N1CCc2nn3c(c2C1)C1=CC(C)(C=c2[nH]ccc2=C1)c1cccc(O)c1-3. The van der Waals surface area contributed by atoms with Crippen LogP contribution in [0.1, 0.15) is 63.1 Å². The van der Waals surface area contributed by atoms with Gasteiger partial charge >= 0.3 is 6.09 Å². The van der Waals surface area contributed by atoms with Crippen molar-refractivity contribution in [2.75, 3.05) is 6.54 Å². The highest BCUT2D eigenvalue weighted by atomic mass is 16.6. The number of aromatic hydroxyl groups is 1. The van der Waals surface area contributed by atoms with Gasteiger partial charge in [0.2, 0.25) is 0 Å². The van der Waals surface area contributed by atoms with Crippen molar-refractivity contribution in [1.82, 2.24) is 19.7 Å². The first-order valence-electron chi connectivity index (χ1n) is 12.8. The van der Waals surface area contributed by atoms with E-state index in [9.17, 15) is 9.90 Å². The van der Waals surface area contributed by atoms with Crippen molar-refractivity contribution < 1.29 is 14.6 Å². The quantitative estimate of drug-likeness (QED) is 0.591. The van der Waals surface area contributed by atoms with E-state index in [1.54, 1.807) is 11.0 Å². The van der Waals surface area contributed by atoms with Gasteiger partial charge in [-0.1, -0.05) is 32.1 Å². The molecule has 1 aromatic carbocycles. The number of ether oxygens (including phenoxy) is 1. The second kappa shape index (κ2) is 7.88. The van der Waals surface area contributed by atoms with Gasteiger partial charge in [-0.25, -0.2) is 9.48 Å². The van der Waals surface area contributed by atoms with Crippen LogP contribution in [0.5, 0.6) is 5.75 Å². The predicted molar refractivity (Wildman–Crippen MR) is 139 cm³/mol. The Morgan fingerprint density at radius 3 is 2.83 bits per heavy atom. The molecule has 0 saturated heterocycles. The van der Waals surface area contributed by atoms with Crippen molar-refractivity contribution in [2.24, 2.45) is 0 Å². The van der Waals surface area contributed by atoms with E-state index in [0.717, 1.165) is 51.5 Å². The Morgan fingerprint density at radius 1 is 1.25 bits per heavy atom. The van der Waals surface area contributed by atoms with Crippen LogP contribution in [0.3, 0.4) is 0 Å². The lowest BCUT2D eigenvalue weighted by Gasteiger charge is -2.32. The number of phenols is 1. The lowest BCUT2D eigenvalue weighted by molar-refractivity contribution is -0.00510. The Morgan fingerprint density at radius 2 is 2.06 bits per heavy atom. The fourth-order valence-electron chi connectivity index (χ4n) is 5.66. The fraction of sp³-hybridized carbons (Fsp3) is 0.379. The number of allylic oxidation sites excluding steroid dienone is 2. The zero-order valence-corrected chi connectivity index (χ0v) is 21.3. The van der Waals surface area contributed by atoms with Crippen molar-refractivity contribution in [2.45, 2.75) is 64.5 Å². The van der Waals surface area contributed by atoms with Crippen molar-refractivity contribution in [1.29, 1.82) is 0 Å². The molecule has 6 rings (SSSR count).